The van der Waals surface area contributed by atoms with E-state index in [1.54, 1.807) is 9.42 Å². The van der Waals surface area contributed by atoms with Crippen LogP contribution in [-0.2, 0) is 19.5 Å². The van der Waals surface area contributed by atoms with E-state index < -0.39 is 0 Å². The SMILES string of the molecule is CC(C)Cc1ncc2c(n1)CN(C(=O)c1cc(C(C)C)n3ncnc3n1)C2. The van der Waals surface area contributed by atoms with Gasteiger partial charge in [-0.05, 0) is 17.9 Å². The Morgan fingerprint density at radius 1 is 1.15 bits per heavy atom. The van der Waals surface area contributed by atoms with Crippen LogP contribution in [0.1, 0.15) is 66.9 Å². The first kappa shape index (κ1) is 17.5. The van der Waals surface area contributed by atoms with E-state index in [0.29, 0.717) is 30.5 Å². The second kappa shape index (κ2) is 6.68. The minimum atomic E-state index is -0.120. The van der Waals surface area contributed by atoms with Crippen LogP contribution in [0.4, 0.5) is 0 Å². The second-order valence-corrected chi connectivity index (χ2v) is 7.71. The molecule has 0 radical (unpaired) electrons. The number of carbonyl (C=O) groups is 1. The van der Waals surface area contributed by atoms with E-state index in [0.717, 1.165) is 29.2 Å². The van der Waals surface area contributed by atoms with E-state index in [1.807, 2.05) is 12.3 Å². The van der Waals surface area contributed by atoms with E-state index in [-0.39, 0.29) is 11.8 Å². The van der Waals surface area contributed by atoms with Crippen LogP contribution in [0.25, 0.3) is 5.78 Å². The van der Waals surface area contributed by atoms with Crippen molar-refractivity contribution in [3.63, 3.8) is 0 Å². The zero-order valence-electron chi connectivity index (χ0n) is 16.0. The summed E-state index contributed by atoms with van der Waals surface area (Å²) < 4.78 is 1.68. The van der Waals surface area contributed by atoms with Crippen LogP contribution in [0.3, 0.4) is 0 Å². The fraction of sp³-hybridized carbons (Fsp3) is 0.474. The van der Waals surface area contributed by atoms with Gasteiger partial charge in [0.25, 0.3) is 11.7 Å². The number of nitrogens with zero attached hydrogens (tertiary/aromatic N) is 7. The highest BCUT2D eigenvalue weighted by molar-refractivity contribution is 5.93. The second-order valence-electron chi connectivity index (χ2n) is 7.71. The van der Waals surface area contributed by atoms with Crippen molar-refractivity contribution < 1.29 is 4.79 Å². The molecule has 4 rings (SSSR count). The number of hydrogen-bond donors (Lipinski definition) is 0. The summed E-state index contributed by atoms with van der Waals surface area (Å²) in [7, 11) is 0. The highest BCUT2D eigenvalue weighted by atomic mass is 16.2. The smallest absolute Gasteiger partial charge is 0.273 e. The van der Waals surface area contributed by atoms with Gasteiger partial charge in [0.1, 0.15) is 17.8 Å². The van der Waals surface area contributed by atoms with Gasteiger partial charge in [-0.1, -0.05) is 27.7 Å². The molecule has 4 heterocycles. The first-order valence-corrected chi connectivity index (χ1v) is 9.26. The molecule has 0 atom stereocenters. The molecule has 0 aliphatic carbocycles. The molecule has 1 aliphatic rings. The van der Waals surface area contributed by atoms with E-state index in [4.69, 9.17) is 0 Å². The molecule has 1 amide bonds. The van der Waals surface area contributed by atoms with Crippen LogP contribution in [0.15, 0.2) is 18.6 Å². The Bertz CT molecular complexity index is 1010. The lowest BCUT2D eigenvalue weighted by Gasteiger charge is -2.16. The van der Waals surface area contributed by atoms with Crippen LogP contribution in [-0.4, -0.2) is 40.4 Å². The molecule has 0 aromatic carbocycles. The monoisotopic (exact) mass is 365 g/mol. The van der Waals surface area contributed by atoms with E-state index in [9.17, 15) is 4.79 Å². The van der Waals surface area contributed by atoms with Crippen LogP contribution >= 0.6 is 0 Å². The molecule has 0 saturated carbocycles. The van der Waals surface area contributed by atoms with Gasteiger partial charge in [0.15, 0.2) is 0 Å². The molecule has 3 aromatic heterocycles. The Kier molecular flexibility index (Phi) is 4.33. The highest BCUT2D eigenvalue weighted by Gasteiger charge is 2.28. The van der Waals surface area contributed by atoms with Gasteiger partial charge >= 0.3 is 0 Å². The Labute approximate surface area is 157 Å². The summed E-state index contributed by atoms with van der Waals surface area (Å²) in [6.07, 6.45) is 4.14. The third-order valence-electron chi connectivity index (χ3n) is 4.67. The van der Waals surface area contributed by atoms with Crippen LogP contribution in [0.2, 0.25) is 0 Å². The van der Waals surface area contributed by atoms with Gasteiger partial charge in [-0.25, -0.2) is 19.5 Å². The maximum atomic E-state index is 13.1. The van der Waals surface area contributed by atoms with Crippen LogP contribution < -0.4 is 0 Å². The fourth-order valence-corrected chi connectivity index (χ4v) is 3.32. The number of rotatable bonds is 4. The molecule has 0 spiro atoms. The number of fused-ring (bicyclic) bond motifs is 2. The molecule has 0 saturated heterocycles. The first-order chi connectivity index (χ1) is 12.9. The largest absolute Gasteiger partial charge is 0.327 e. The van der Waals surface area contributed by atoms with Crippen LogP contribution in [0, 0.1) is 5.92 Å². The van der Waals surface area contributed by atoms with E-state index >= 15 is 0 Å². The van der Waals surface area contributed by atoms with Gasteiger partial charge in [-0.2, -0.15) is 10.1 Å². The molecular formula is C19H23N7O. The molecule has 27 heavy (non-hydrogen) atoms. The third-order valence-corrected chi connectivity index (χ3v) is 4.67. The predicted octanol–water partition coefficient (Wildman–Crippen LogP) is 2.39. The van der Waals surface area contributed by atoms with Crippen LogP contribution in [0.5, 0.6) is 0 Å². The normalized spacial score (nSPS) is 13.8. The van der Waals surface area contributed by atoms with Gasteiger partial charge in [-0.3, -0.25) is 4.79 Å². The summed E-state index contributed by atoms with van der Waals surface area (Å²) in [5, 5.41) is 4.20. The summed E-state index contributed by atoms with van der Waals surface area (Å²) >= 11 is 0. The Morgan fingerprint density at radius 2 is 1.96 bits per heavy atom. The minimum Gasteiger partial charge on any atom is -0.327 e. The quantitative estimate of drug-likeness (QED) is 0.705. The van der Waals surface area contributed by atoms with Crippen molar-refractivity contribution >= 4 is 11.7 Å². The van der Waals surface area contributed by atoms with E-state index in [1.165, 1.54) is 6.33 Å². The van der Waals surface area contributed by atoms with Gasteiger partial charge in [-0.15, -0.1) is 0 Å². The van der Waals surface area contributed by atoms with Crippen molar-refractivity contribution in [1.82, 2.24) is 34.4 Å². The lowest BCUT2D eigenvalue weighted by atomic mass is 10.1. The first-order valence-electron chi connectivity index (χ1n) is 9.26. The average molecular weight is 365 g/mol. The molecule has 1 aliphatic heterocycles. The van der Waals surface area contributed by atoms with Gasteiger partial charge in [0.2, 0.25) is 0 Å². The van der Waals surface area contributed by atoms with E-state index in [2.05, 4.69) is 52.7 Å². The lowest BCUT2D eigenvalue weighted by molar-refractivity contribution is 0.0744. The third kappa shape index (κ3) is 3.27. The fourth-order valence-electron chi connectivity index (χ4n) is 3.32. The molecule has 3 aromatic rings. The predicted molar refractivity (Wildman–Crippen MR) is 99.0 cm³/mol. The Balaban J connectivity index is 1.61. The van der Waals surface area contributed by atoms with Crippen molar-refractivity contribution in [3.05, 3.63) is 47.1 Å². The van der Waals surface area contributed by atoms with Gasteiger partial charge in [0.05, 0.1) is 17.9 Å². The van der Waals surface area contributed by atoms with Crippen molar-refractivity contribution in [2.75, 3.05) is 0 Å². The zero-order valence-corrected chi connectivity index (χ0v) is 16.0. The van der Waals surface area contributed by atoms with Crippen molar-refractivity contribution in [3.8, 4) is 0 Å². The summed E-state index contributed by atoms with van der Waals surface area (Å²) in [6.45, 7) is 9.39. The molecule has 0 fully saturated rings. The lowest BCUT2D eigenvalue weighted by Crippen LogP contribution is -2.27. The number of amides is 1. The number of carbonyl (C=O) groups excluding carboxylic acids is 1. The topological polar surface area (TPSA) is 89.2 Å². The zero-order chi connectivity index (χ0) is 19.1. The summed E-state index contributed by atoms with van der Waals surface area (Å²) in [5.41, 5.74) is 3.24. The maximum Gasteiger partial charge on any atom is 0.273 e. The Morgan fingerprint density at radius 3 is 2.70 bits per heavy atom. The molecule has 8 heteroatoms. The number of hydrogen-bond acceptors (Lipinski definition) is 6. The average Bonchev–Trinajstić information content (AvgIpc) is 3.25. The molecule has 0 unspecified atom stereocenters. The molecule has 8 nitrogen and oxygen atoms in total. The van der Waals surface area contributed by atoms with Gasteiger partial charge in [0, 0.05) is 24.7 Å². The van der Waals surface area contributed by atoms with Crippen molar-refractivity contribution in [1.29, 1.82) is 0 Å². The van der Waals surface area contributed by atoms with Crippen molar-refractivity contribution in [2.45, 2.75) is 53.1 Å². The summed E-state index contributed by atoms with van der Waals surface area (Å²) in [4.78, 5) is 32.5. The highest BCUT2D eigenvalue weighted by Crippen LogP contribution is 2.24. The molecular weight excluding hydrogens is 342 g/mol. The summed E-state index contributed by atoms with van der Waals surface area (Å²) in [5.74, 6) is 1.86. The van der Waals surface area contributed by atoms with Gasteiger partial charge < -0.3 is 4.90 Å². The Hall–Kier alpha value is -2.90. The standard InChI is InChI=1S/C19H23N7O/c1-11(2)5-17-20-7-13-8-25(9-15(13)23-17)18(27)14-6-16(12(3)4)26-19(24-14)21-10-22-26/h6-7,10-12H,5,8-9H2,1-4H3. The van der Waals surface area contributed by atoms with Crippen molar-refractivity contribution in [2.24, 2.45) is 5.92 Å². The molecule has 140 valence electrons. The molecule has 0 bridgehead atoms. The minimum absolute atomic E-state index is 0.120. The molecule has 0 N–H and O–H groups in total. The number of aromatic nitrogens is 6. The summed E-state index contributed by atoms with van der Waals surface area (Å²) in [6, 6.07) is 1.81. The maximum absolute atomic E-state index is 13.1.